The smallest absolute Gasteiger partial charge is 0.155 e. The number of β-amino-alcohol motifs (C(OH)–C–C–N with tert-alkyl or cyclic N) is 1. The zero-order valence-corrected chi connectivity index (χ0v) is 13.2. The van der Waals surface area contributed by atoms with Gasteiger partial charge >= 0.3 is 0 Å². The molecule has 20 heavy (non-hydrogen) atoms. The highest BCUT2D eigenvalue weighted by atomic mass is 35.5. The van der Waals surface area contributed by atoms with Gasteiger partial charge in [-0.05, 0) is 31.5 Å². The summed E-state index contributed by atoms with van der Waals surface area (Å²) < 4.78 is 23.7. The molecule has 0 aromatic heterocycles. The van der Waals surface area contributed by atoms with Gasteiger partial charge in [0.25, 0.3) is 0 Å². The number of benzene rings is 1. The largest absolute Gasteiger partial charge is 0.387 e. The fourth-order valence-corrected chi connectivity index (χ4v) is 4.36. The predicted molar refractivity (Wildman–Crippen MR) is 80.7 cm³/mol. The maximum absolute atomic E-state index is 11.8. The van der Waals surface area contributed by atoms with Crippen molar-refractivity contribution in [3.8, 4) is 0 Å². The molecule has 1 fully saturated rings. The van der Waals surface area contributed by atoms with E-state index >= 15 is 0 Å². The Morgan fingerprint density at radius 1 is 1.45 bits per heavy atom. The van der Waals surface area contributed by atoms with Crippen molar-refractivity contribution in [3.05, 3.63) is 34.9 Å². The molecule has 0 bridgehead atoms. The first-order valence-corrected chi connectivity index (χ1v) is 8.80. The molecule has 2 rings (SSSR count). The highest BCUT2D eigenvalue weighted by molar-refractivity contribution is 7.92. The van der Waals surface area contributed by atoms with Crippen molar-refractivity contribution >= 4 is 21.4 Å². The quantitative estimate of drug-likeness (QED) is 0.925. The third-order valence-corrected chi connectivity index (χ3v) is 6.64. The van der Waals surface area contributed by atoms with Gasteiger partial charge in [-0.2, -0.15) is 0 Å². The zero-order valence-electron chi connectivity index (χ0n) is 11.7. The average Bonchev–Trinajstić information content (AvgIpc) is 2.40. The molecule has 0 saturated carbocycles. The molecule has 0 radical (unpaired) electrons. The molecule has 1 aromatic carbocycles. The Labute approximate surface area is 125 Å². The third kappa shape index (κ3) is 3.34. The molecule has 1 N–H and O–H groups in total. The van der Waals surface area contributed by atoms with E-state index in [9.17, 15) is 13.5 Å². The van der Waals surface area contributed by atoms with Crippen LogP contribution in [-0.2, 0) is 9.84 Å². The van der Waals surface area contributed by atoms with Gasteiger partial charge in [-0.25, -0.2) is 8.42 Å². The van der Waals surface area contributed by atoms with Gasteiger partial charge in [0, 0.05) is 24.2 Å². The highest BCUT2D eigenvalue weighted by Crippen LogP contribution is 2.24. The van der Waals surface area contributed by atoms with Crippen LogP contribution in [-0.4, -0.2) is 48.6 Å². The van der Waals surface area contributed by atoms with Gasteiger partial charge < -0.3 is 5.11 Å². The highest BCUT2D eigenvalue weighted by Gasteiger charge is 2.36. The zero-order chi connectivity index (χ0) is 14.9. The van der Waals surface area contributed by atoms with E-state index < -0.39 is 21.2 Å². The van der Waals surface area contributed by atoms with Gasteiger partial charge in [0.05, 0.1) is 17.1 Å². The first kappa shape index (κ1) is 15.8. The summed E-state index contributed by atoms with van der Waals surface area (Å²) in [7, 11) is -3.00. The van der Waals surface area contributed by atoms with Crippen LogP contribution in [0.25, 0.3) is 0 Å². The summed E-state index contributed by atoms with van der Waals surface area (Å²) in [5, 5.41) is 10.5. The Balaban J connectivity index is 2.07. The van der Waals surface area contributed by atoms with Crippen molar-refractivity contribution in [2.24, 2.45) is 0 Å². The number of hydrogen-bond acceptors (Lipinski definition) is 4. The molecule has 0 amide bonds. The summed E-state index contributed by atoms with van der Waals surface area (Å²) in [6, 6.07) is 7.03. The second-order valence-corrected chi connectivity index (χ2v) is 8.29. The molecule has 1 aliphatic heterocycles. The van der Waals surface area contributed by atoms with Crippen LogP contribution in [0.3, 0.4) is 0 Å². The van der Waals surface area contributed by atoms with Gasteiger partial charge in [0.1, 0.15) is 0 Å². The van der Waals surface area contributed by atoms with E-state index in [4.69, 9.17) is 11.6 Å². The van der Waals surface area contributed by atoms with Crippen LogP contribution in [0.15, 0.2) is 24.3 Å². The summed E-state index contributed by atoms with van der Waals surface area (Å²) in [6.45, 7) is 4.51. The lowest BCUT2D eigenvalue weighted by atomic mass is 10.1. The fourth-order valence-electron chi connectivity index (χ4n) is 2.53. The molecule has 0 spiro atoms. The summed E-state index contributed by atoms with van der Waals surface area (Å²) in [5.74, 6) is 0.154. The van der Waals surface area contributed by atoms with Crippen molar-refractivity contribution in [1.82, 2.24) is 4.90 Å². The fraction of sp³-hybridized carbons (Fsp3) is 0.571. The van der Waals surface area contributed by atoms with Gasteiger partial charge in [-0.1, -0.05) is 23.7 Å². The maximum Gasteiger partial charge on any atom is 0.155 e. The van der Waals surface area contributed by atoms with E-state index in [0.29, 0.717) is 18.1 Å². The lowest BCUT2D eigenvalue weighted by molar-refractivity contribution is 0.0910. The van der Waals surface area contributed by atoms with E-state index in [1.54, 1.807) is 25.1 Å². The Hall–Kier alpha value is -0.620. The number of nitrogens with zero attached hydrogens (tertiary/aromatic N) is 1. The molecule has 1 saturated heterocycles. The molecule has 1 heterocycles. The second kappa shape index (κ2) is 6.02. The number of rotatable bonds is 3. The topological polar surface area (TPSA) is 57.6 Å². The number of aliphatic hydroxyl groups excluding tert-OH is 1. The number of hydrogen-bond donors (Lipinski definition) is 1. The molecule has 4 nitrogen and oxygen atoms in total. The van der Waals surface area contributed by atoms with E-state index in [1.807, 2.05) is 17.9 Å². The minimum Gasteiger partial charge on any atom is -0.387 e. The molecule has 1 aromatic rings. The number of halogens is 1. The van der Waals surface area contributed by atoms with Crippen molar-refractivity contribution in [3.63, 3.8) is 0 Å². The SMILES string of the molecule is CC1C(C)S(=O)(=O)CCN1CC(O)c1cccc(Cl)c1. The summed E-state index contributed by atoms with van der Waals surface area (Å²) in [4.78, 5) is 2.03. The first-order valence-electron chi connectivity index (χ1n) is 6.70. The van der Waals surface area contributed by atoms with Gasteiger partial charge in [-0.3, -0.25) is 4.90 Å². The predicted octanol–water partition coefficient (Wildman–Crippen LogP) is 1.88. The molecule has 3 atom stereocenters. The molecule has 6 heteroatoms. The Morgan fingerprint density at radius 3 is 2.80 bits per heavy atom. The van der Waals surface area contributed by atoms with Gasteiger partial charge in [0.15, 0.2) is 9.84 Å². The van der Waals surface area contributed by atoms with Crippen LogP contribution in [0.2, 0.25) is 5.02 Å². The molecular formula is C14H20ClNO3S. The molecule has 0 aliphatic carbocycles. The lowest BCUT2D eigenvalue weighted by Gasteiger charge is -2.38. The van der Waals surface area contributed by atoms with Crippen molar-refractivity contribution in [2.75, 3.05) is 18.8 Å². The minimum absolute atomic E-state index is 0.0948. The maximum atomic E-state index is 11.8. The third-order valence-electron chi connectivity index (χ3n) is 4.13. The average molecular weight is 318 g/mol. The molecule has 1 aliphatic rings. The van der Waals surface area contributed by atoms with Crippen LogP contribution >= 0.6 is 11.6 Å². The number of sulfone groups is 1. The van der Waals surface area contributed by atoms with Crippen LogP contribution in [0.5, 0.6) is 0 Å². The van der Waals surface area contributed by atoms with E-state index in [0.717, 1.165) is 5.56 Å². The van der Waals surface area contributed by atoms with Crippen molar-refractivity contribution < 1.29 is 13.5 Å². The summed E-state index contributed by atoms with van der Waals surface area (Å²) >= 11 is 5.92. The van der Waals surface area contributed by atoms with Gasteiger partial charge in [0.2, 0.25) is 0 Å². The Kier molecular flexibility index (Phi) is 4.74. The monoisotopic (exact) mass is 317 g/mol. The van der Waals surface area contributed by atoms with E-state index in [-0.39, 0.29) is 11.8 Å². The van der Waals surface area contributed by atoms with E-state index in [2.05, 4.69) is 0 Å². The minimum atomic E-state index is -3.00. The van der Waals surface area contributed by atoms with Crippen LogP contribution in [0.1, 0.15) is 25.5 Å². The lowest BCUT2D eigenvalue weighted by Crippen LogP contribution is -2.53. The van der Waals surface area contributed by atoms with Gasteiger partial charge in [-0.15, -0.1) is 0 Å². The summed E-state index contributed by atoms with van der Waals surface area (Å²) in [5.41, 5.74) is 0.755. The molecule has 3 unspecified atom stereocenters. The molecule has 112 valence electrons. The standard InChI is InChI=1S/C14H20ClNO3S/c1-10-11(2)20(18,19)7-6-16(10)9-14(17)12-4-3-5-13(15)8-12/h3-5,8,10-11,14,17H,6-7,9H2,1-2H3. The Bertz CT molecular complexity index is 576. The normalized spacial score (nSPS) is 28.2. The summed E-state index contributed by atoms with van der Waals surface area (Å²) in [6.07, 6.45) is -0.663. The van der Waals surface area contributed by atoms with Crippen LogP contribution in [0.4, 0.5) is 0 Å². The first-order chi connectivity index (χ1) is 9.31. The van der Waals surface area contributed by atoms with Crippen molar-refractivity contribution in [1.29, 1.82) is 0 Å². The van der Waals surface area contributed by atoms with E-state index in [1.165, 1.54) is 0 Å². The Morgan fingerprint density at radius 2 is 2.15 bits per heavy atom. The van der Waals surface area contributed by atoms with Crippen LogP contribution in [0, 0.1) is 0 Å². The second-order valence-electron chi connectivity index (χ2n) is 5.38. The van der Waals surface area contributed by atoms with Crippen LogP contribution < -0.4 is 0 Å². The van der Waals surface area contributed by atoms with Crippen molar-refractivity contribution in [2.45, 2.75) is 31.2 Å². The number of aliphatic hydroxyl groups is 1. The molecular weight excluding hydrogens is 298 g/mol.